The Hall–Kier alpha value is -2.09. The van der Waals surface area contributed by atoms with E-state index in [-0.39, 0.29) is 36.9 Å². The predicted octanol–water partition coefficient (Wildman–Crippen LogP) is 2.39. The molecule has 1 aromatic rings. The van der Waals surface area contributed by atoms with Crippen molar-refractivity contribution >= 4 is 27.6 Å². The third-order valence-electron chi connectivity index (χ3n) is 6.06. The van der Waals surface area contributed by atoms with E-state index in [9.17, 15) is 18.0 Å². The van der Waals surface area contributed by atoms with E-state index < -0.39 is 21.2 Å². The smallest absolute Gasteiger partial charge is 0.326 e. The van der Waals surface area contributed by atoms with Gasteiger partial charge in [-0.2, -0.15) is 0 Å². The fourth-order valence-corrected chi connectivity index (χ4v) is 6.46. The van der Waals surface area contributed by atoms with Crippen molar-refractivity contribution in [2.24, 2.45) is 11.8 Å². The van der Waals surface area contributed by atoms with Gasteiger partial charge in [-0.05, 0) is 57.1 Å². The minimum Gasteiger partial charge on any atom is -0.465 e. The number of ether oxygens (including phenoxy) is 1. The molecule has 4 atom stereocenters. The van der Waals surface area contributed by atoms with Gasteiger partial charge in [0, 0.05) is 12.5 Å². The minimum atomic E-state index is -3.77. The van der Waals surface area contributed by atoms with E-state index in [0.717, 1.165) is 5.56 Å². The van der Waals surface area contributed by atoms with Crippen LogP contribution in [0.1, 0.15) is 45.1 Å². The van der Waals surface area contributed by atoms with Gasteiger partial charge in [0.25, 0.3) is 0 Å². The molecule has 1 amide bonds. The van der Waals surface area contributed by atoms with Crippen LogP contribution in [-0.2, 0) is 24.3 Å². The summed E-state index contributed by atoms with van der Waals surface area (Å²) < 4.78 is 33.4. The zero-order valence-electron chi connectivity index (χ0n) is 17.3. The fourth-order valence-electron chi connectivity index (χ4n) is 4.50. The Balaban J connectivity index is 1.86. The number of benzene rings is 1. The first-order valence-electron chi connectivity index (χ1n) is 10.3. The molecular weight excluding hydrogens is 392 g/mol. The van der Waals surface area contributed by atoms with Gasteiger partial charge in [-0.1, -0.05) is 24.6 Å². The second-order valence-electron chi connectivity index (χ2n) is 8.15. The summed E-state index contributed by atoms with van der Waals surface area (Å²) in [6, 6.07) is 7.15. The van der Waals surface area contributed by atoms with Gasteiger partial charge < -0.3 is 10.1 Å². The lowest BCUT2D eigenvalue weighted by Gasteiger charge is -2.43. The molecule has 1 saturated heterocycles. The lowest BCUT2D eigenvalue weighted by atomic mass is 9.73. The zero-order valence-corrected chi connectivity index (χ0v) is 18.1. The SMILES string of the molecule is CCOC(=O)CN(c1ccc(C)cc1)S(=O)(=O)C1CCC2NC(=O)CC(C)C2C1. The van der Waals surface area contributed by atoms with Crippen molar-refractivity contribution in [1.82, 2.24) is 5.32 Å². The molecule has 0 spiro atoms. The van der Waals surface area contributed by atoms with Crippen LogP contribution >= 0.6 is 0 Å². The molecule has 1 saturated carbocycles. The summed E-state index contributed by atoms with van der Waals surface area (Å²) in [6.45, 7) is 5.50. The molecule has 2 fully saturated rings. The molecule has 0 bridgehead atoms. The van der Waals surface area contributed by atoms with Crippen LogP contribution in [0.3, 0.4) is 0 Å². The molecule has 0 radical (unpaired) electrons. The second-order valence-corrected chi connectivity index (χ2v) is 10.3. The summed E-state index contributed by atoms with van der Waals surface area (Å²) in [6.07, 6.45) is 2.01. The monoisotopic (exact) mass is 422 g/mol. The number of esters is 1. The molecule has 2 aliphatic rings. The molecule has 3 rings (SSSR count). The third kappa shape index (κ3) is 4.74. The lowest BCUT2D eigenvalue weighted by Crippen LogP contribution is -2.54. The number of carbonyl (C=O) groups excluding carboxylic acids is 2. The van der Waals surface area contributed by atoms with E-state index in [0.29, 0.717) is 31.4 Å². The maximum absolute atomic E-state index is 13.6. The highest BCUT2D eigenvalue weighted by Crippen LogP contribution is 2.39. The number of amides is 1. The summed E-state index contributed by atoms with van der Waals surface area (Å²) in [5, 5.41) is 2.43. The van der Waals surface area contributed by atoms with Crippen LogP contribution in [0.15, 0.2) is 24.3 Å². The van der Waals surface area contributed by atoms with E-state index in [4.69, 9.17) is 4.74 Å². The maximum atomic E-state index is 13.6. The number of fused-ring (bicyclic) bond motifs is 1. The van der Waals surface area contributed by atoms with Crippen LogP contribution < -0.4 is 9.62 Å². The molecule has 1 aromatic carbocycles. The maximum Gasteiger partial charge on any atom is 0.326 e. The highest BCUT2D eigenvalue weighted by Gasteiger charge is 2.44. The van der Waals surface area contributed by atoms with Gasteiger partial charge in [-0.3, -0.25) is 13.9 Å². The van der Waals surface area contributed by atoms with Crippen molar-refractivity contribution in [3.63, 3.8) is 0 Å². The molecular formula is C21H30N2O5S. The third-order valence-corrected chi connectivity index (χ3v) is 8.29. The molecule has 160 valence electrons. The van der Waals surface area contributed by atoms with E-state index >= 15 is 0 Å². The Bertz CT molecular complexity index is 852. The fraction of sp³-hybridized carbons (Fsp3) is 0.619. The first-order valence-corrected chi connectivity index (χ1v) is 11.8. The molecule has 1 aliphatic carbocycles. The Kier molecular flexibility index (Phi) is 6.51. The number of carbonyl (C=O) groups is 2. The number of rotatable bonds is 6. The minimum absolute atomic E-state index is 0.0376. The second kappa shape index (κ2) is 8.73. The summed E-state index contributed by atoms with van der Waals surface area (Å²) in [7, 11) is -3.77. The van der Waals surface area contributed by atoms with Crippen molar-refractivity contribution in [2.75, 3.05) is 17.5 Å². The molecule has 8 heteroatoms. The number of nitrogens with zero attached hydrogens (tertiary/aromatic N) is 1. The van der Waals surface area contributed by atoms with Crippen molar-refractivity contribution in [2.45, 2.75) is 57.7 Å². The van der Waals surface area contributed by atoms with Gasteiger partial charge in [0.1, 0.15) is 6.54 Å². The van der Waals surface area contributed by atoms with Crippen molar-refractivity contribution in [3.05, 3.63) is 29.8 Å². The zero-order chi connectivity index (χ0) is 21.2. The Labute approximate surface area is 172 Å². The number of piperidine rings is 1. The molecule has 1 heterocycles. The van der Waals surface area contributed by atoms with Crippen LogP contribution in [0.4, 0.5) is 5.69 Å². The Morgan fingerprint density at radius 1 is 1.24 bits per heavy atom. The van der Waals surface area contributed by atoms with E-state index in [2.05, 4.69) is 5.32 Å². The molecule has 29 heavy (non-hydrogen) atoms. The topological polar surface area (TPSA) is 92.8 Å². The lowest BCUT2D eigenvalue weighted by molar-refractivity contribution is -0.141. The van der Waals surface area contributed by atoms with Crippen molar-refractivity contribution in [3.8, 4) is 0 Å². The number of sulfonamides is 1. The van der Waals surface area contributed by atoms with E-state index in [1.54, 1.807) is 19.1 Å². The molecule has 7 nitrogen and oxygen atoms in total. The first-order chi connectivity index (χ1) is 13.7. The van der Waals surface area contributed by atoms with Crippen LogP contribution in [0.2, 0.25) is 0 Å². The average Bonchev–Trinajstić information content (AvgIpc) is 2.66. The summed E-state index contributed by atoms with van der Waals surface area (Å²) in [4.78, 5) is 24.0. The van der Waals surface area contributed by atoms with Crippen molar-refractivity contribution in [1.29, 1.82) is 0 Å². The number of hydrogen-bond donors (Lipinski definition) is 1. The summed E-state index contributed by atoms with van der Waals surface area (Å²) in [5.74, 6) is -0.249. The highest BCUT2D eigenvalue weighted by atomic mass is 32.2. The largest absolute Gasteiger partial charge is 0.465 e. The molecule has 4 unspecified atom stereocenters. The standard InChI is InChI=1S/C21H30N2O5S/c1-4-28-21(25)13-23(16-7-5-14(2)6-8-16)29(26,27)17-9-10-19-18(12-17)15(3)11-20(24)22-19/h5-8,15,17-19H,4,9-13H2,1-3H3,(H,22,24). The predicted molar refractivity (Wildman–Crippen MR) is 111 cm³/mol. The molecule has 1 aliphatic heterocycles. The van der Waals surface area contributed by atoms with Crippen LogP contribution in [0.5, 0.6) is 0 Å². The first kappa shape index (κ1) is 21.6. The van der Waals surface area contributed by atoms with Gasteiger partial charge >= 0.3 is 5.97 Å². The number of aryl methyl sites for hydroxylation is 1. The molecule has 1 N–H and O–H groups in total. The van der Waals surface area contributed by atoms with E-state index in [1.165, 1.54) is 4.31 Å². The van der Waals surface area contributed by atoms with Crippen LogP contribution in [-0.4, -0.2) is 44.7 Å². The van der Waals surface area contributed by atoms with Gasteiger partial charge in [0.05, 0.1) is 17.5 Å². The summed E-state index contributed by atoms with van der Waals surface area (Å²) >= 11 is 0. The van der Waals surface area contributed by atoms with Gasteiger partial charge in [0.15, 0.2) is 0 Å². The van der Waals surface area contributed by atoms with E-state index in [1.807, 2.05) is 26.0 Å². The highest BCUT2D eigenvalue weighted by molar-refractivity contribution is 7.93. The Morgan fingerprint density at radius 2 is 1.93 bits per heavy atom. The van der Waals surface area contributed by atoms with Gasteiger partial charge in [-0.15, -0.1) is 0 Å². The quantitative estimate of drug-likeness (QED) is 0.711. The number of nitrogens with one attached hydrogen (secondary N) is 1. The van der Waals surface area contributed by atoms with Crippen LogP contribution in [0, 0.1) is 18.8 Å². The van der Waals surface area contributed by atoms with Crippen LogP contribution in [0.25, 0.3) is 0 Å². The Morgan fingerprint density at radius 3 is 2.59 bits per heavy atom. The number of hydrogen-bond acceptors (Lipinski definition) is 5. The number of anilines is 1. The molecule has 0 aromatic heterocycles. The normalized spacial score (nSPS) is 26.9. The van der Waals surface area contributed by atoms with Crippen molar-refractivity contribution < 1.29 is 22.7 Å². The summed E-state index contributed by atoms with van der Waals surface area (Å²) in [5.41, 5.74) is 1.48. The average molecular weight is 423 g/mol. The van der Waals surface area contributed by atoms with Gasteiger partial charge in [0.2, 0.25) is 15.9 Å². The van der Waals surface area contributed by atoms with Gasteiger partial charge in [-0.25, -0.2) is 8.42 Å².